The summed E-state index contributed by atoms with van der Waals surface area (Å²) in [6.45, 7) is 6.65. The third-order valence-corrected chi connectivity index (χ3v) is 3.72. The summed E-state index contributed by atoms with van der Waals surface area (Å²) in [6.07, 6.45) is 2.18. The zero-order chi connectivity index (χ0) is 15.0. The molecule has 0 aromatic heterocycles. The van der Waals surface area contributed by atoms with Crippen LogP contribution in [0, 0.1) is 0 Å². The number of aromatic hydroxyl groups is 1. The Balaban J connectivity index is 2.88. The second-order valence-electron chi connectivity index (χ2n) is 4.90. The molecule has 0 radical (unpaired) electrons. The van der Waals surface area contributed by atoms with Crippen LogP contribution in [0.1, 0.15) is 32.3 Å². The molecular formula is C16H27NO3. The molecule has 0 bridgehead atoms. The Morgan fingerprint density at radius 2 is 1.90 bits per heavy atom. The van der Waals surface area contributed by atoms with E-state index in [1.807, 2.05) is 12.1 Å². The van der Waals surface area contributed by atoms with Crippen LogP contribution in [-0.2, 0) is 11.3 Å². The fourth-order valence-electron chi connectivity index (χ4n) is 2.48. The molecule has 1 rings (SSSR count). The van der Waals surface area contributed by atoms with E-state index in [1.165, 1.54) is 0 Å². The van der Waals surface area contributed by atoms with Gasteiger partial charge in [-0.25, -0.2) is 0 Å². The van der Waals surface area contributed by atoms with Gasteiger partial charge in [-0.1, -0.05) is 26.0 Å². The normalized spacial score (nSPS) is 11.3. The van der Waals surface area contributed by atoms with Gasteiger partial charge >= 0.3 is 0 Å². The highest BCUT2D eigenvalue weighted by Crippen LogP contribution is 2.30. The van der Waals surface area contributed by atoms with Gasteiger partial charge in [0.25, 0.3) is 0 Å². The minimum atomic E-state index is 0.239. The number of phenols is 1. The maximum atomic E-state index is 10.2. The molecule has 0 saturated heterocycles. The molecule has 0 aliphatic carbocycles. The molecule has 0 aliphatic rings. The lowest BCUT2D eigenvalue weighted by Gasteiger charge is -2.30. The monoisotopic (exact) mass is 281 g/mol. The van der Waals surface area contributed by atoms with E-state index in [1.54, 1.807) is 20.3 Å². The molecular weight excluding hydrogens is 254 g/mol. The van der Waals surface area contributed by atoms with Crippen molar-refractivity contribution in [2.75, 3.05) is 27.4 Å². The van der Waals surface area contributed by atoms with E-state index < -0.39 is 0 Å². The molecule has 1 aromatic carbocycles. The quantitative estimate of drug-likeness (QED) is 0.755. The largest absolute Gasteiger partial charge is 0.504 e. The zero-order valence-corrected chi connectivity index (χ0v) is 13.1. The van der Waals surface area contributed by atoms with Crippen LogP contribution in [0.2, 0.25) is 0 Å². The average molecular weight is 281 g/mol. The minimum absolute atomic E-state index is 0.239. The highest BCUT2D eigenvalue weighted by Gasteiger charge is 2.17. The molecule has 0 spiro atoms. The molecule has 114 valence electrons. The number of methoxy groups -OCH3 is 2. The second kappa shape index (κ2) is 8.82. The number of rotatable bonds is 9. The molecule has 0 amide bonds. The van der Waals surface area contributed by atoms with Gasteiger partial charge in [-0.2, -0.15) is 0 Å². The summed E-state index contributed by atoms with van der Waals surface area (Å²) in [5.41, 5.74) is 0.896. The predicted molar refractivity (Wildman–Crippen MR) is 81.3 cm³/mol. The van der Waals surface area contributed by atoms with E-state index in [4.69, 9.17) is 9.47 Å². The van der Waals surface area contributed by atoms with E-state index >= 15 is 0 Å². The number of phenolic OH excluding ortho intramolecular Hbond substituents is 1. The zero-order valence-electron chi connectivity index (χ0n) is 13.1. The van der Waals surface area contributed by atoms with Crippen LogP contribution in [0.25, 0.3) is 0 Å². The van der Waals surface area contributed by atoms with Crippen molar-refractivity contribution in [3.05, 3.63) is 23.8 Å². The number of hydrogen-bond donors (Lipinski definition) is 1. The molecule has 0 atom stereocenters. The summed E-state index contributed by atoms with van der Waals surface area (Å²) in [7, 11) is 3.29. The molecule has 20 heavy (non-hydrogen) atoms. The van der Waals surface area contributed by atoms with Crippen molar-refractivity contribution in [3.8, 4) is 11.5 Å². The summed E-state index contributed by atoms with van der Waals surface area (Å²) in [5, 5.41) is 10.2. The van der Waals surface area contributed by atoms with Gasteiger partial charge in [0.05, 0.1) is 13.7 Å². The highest BCUT2D eigenvalue weighted by atomic mass is 16.5. The predicted octanol–water partition coefficient (Wildman–Crippen LogP) is 3.04. The Hall–Kier alpha value is -1.26. The second-order valence-corrected chi connectivity index (χ2v) is 4.90. The van der Waals surface area contributed by atoms with Crippen molar-refractivity contribution in [2.45, 2.75) is 39.3 Å². The van der Waals surface area contributed by atoms with E-state index in [0.717, 1.165) is 24.9 Å². The van der Waals surface area contributed by atoms with Gasteiger partial charge in [0, 0.05) is 31.8 Å². The van der Waals surface area contributed by atoms with Gasteiger partial charge in [-0.15, -0.1) is 0 Å². The lowest BCUT2D eigenvalue weighted by molar-refractivity contribution is 0.109. The van der Waals surface area contributed by atoms with Crippen molar-refractivity contribution in [3.63, 3.8) is 0 Å². The number of para-hydroxylation sites is 1. The molecule has 4 nitrogen and oxygen atoms in total. The van der Waals surface area contributed by atoms with Crippen LogP contribution in [0.5, 0.6) is 11.5 Å². The highest BCUT2D eigenvalue weighted by molar-refractivity contribution is 5.45. The van der Waals surface area contributed by atoms with Gasteiger partial charge in [0.1, 0.15) is 0 Å². The van der Waals surface area contributed by atoms with Crippen molar-refractivity contribution >= 4 is 0 Å². The Labute approximate surface area is 122 Å². The van der Waals surface area contributed by atoms with Crippen LogP contribution < -0.4 is 4.74 Å². The van der Waals surface area contributed by atoms with Gasteiger partial charge in [-0.3, -0.25) is 4.90 Å². The van der Waals surface area contributed by atoms with Crippen LogP contribution >= 0.6 is 0 Å². The Morgan fingerprint density at radius 3 is 2.45 bits per heavy atom. The summed E-state index contributed by atoms with van der Waals surface area (Å²) in [6, 6.07) is 6.13. The number of ether oxygens (including phenoxy) is 2. The molecule has 4 heteroatoms. The molecule has 0 fully saturated rings. The fraction of sp³-hybridized carbons (Fsp3) is 0.625. The Bertz CT molecular complexity index is 391. The average Bonchev–Trinajstić information content (AvgIpc) is 2.47. The number of nitrogens with zero attached hydrogens (tertiary/aromatic N) is 1. The standard InChI is InChI=1S/C16H27NO3/c1-5-14(6-2)17(10-11-19-3)12-13-8-7-9-15(20-4)16(13)18/h7-9,14,18H,5-6,10-12H2,1-4H3. The van der Waals surface area contributed by atoms with E-state index in [2.05, 4.69) is 18.7 Å². The van der Waals surface area contributed by atoms with Crippen molar-refractivity contribution in [1.82, 2.24) is 4.90 Å². The van der Waals surface area contributed by atoms with Gasteiger partial charge in [0.2, 0.25) is 0 Å². The first-order valence-corrected chi connectivity index (χ1v) is 7.25. The van der Waals surface area contributed by atoms with Crippen molar-refractivity contribution in [1.29, 1.82) is 0 Å². The number of benzene rings is 1. The molecule has 0 heterocycles. The van der Waals surface area contributed by atoms with Crippen LogP contribution in [0.15, 0.2) is 18.2 Å². The molecule has 0 saturated carbocycles. The summed E-state index contributed by atoms with van der Waals surface area (Å²) in [5.74, 6) is 0.766. The lowest BCUT2D eigenvalue weighted by atomic mass is 10.1. The maximum Gasteiger partial charge on any atom is 0.162 e. The summed E-state index contributed by atoms with van der Waals surface area (Å²) in [4.78, 5) is 2.36. The maximum absolute atomic E-state index is 10.2. The van der Waals surface area contributed by atoms with Crippen LogP contribution in [0.3, 0.4) is 0 Å². The van der Waals surface area contributed by atoms with Crippen LogP contribution in [-0.4, -0.2) is 43.4 Å². The Morgan fingerprint density at radius 1 is 1.20 bits per heavy atom. The summed E-state index contributed by atoms with van der Waals surface area (Å²) < 4.78 is 10.4. The van der Waals surface area contributed by atoms with Gasteiger partial charge in [-0.05, 0) is 18.9 Å². The molecule has 1 N–H and O–H groups in total. The van der Waals surface area contributed by atoms with Crippen LogP contribution in [0.4, 0.5) is 0 Å². The van der Waals surface area contributed by atoms with E-state index in [9.17, 15) is 5.11 Å². The Kier molecular flexibility index (Phi) is 7.41. The summed E-state index contributed by atoms with van der Waals surface area (Å²) >= 11 is 0. The van der Waals surface area contributed by atoms with Crippen molar-refractivity contribution < 1.29 is 14.6 Å². The molecule has 0 unspecified atom stereocenters. The molecule has 1 aromatic rings. The minimum Gasteiger partial charge on any atom is -0.504 e. The van der Waals surface area contributed by atoms with E-state index in [-0.39, 0.29) is 5.75 Å². The fourth-order valence-corrected chi connectivity index (χ4v) is 2.48. The van der Waals surface area contributed by atoms with E-state index in [0.29, 0.717) is 24.9 Å². The SMILES string of the molecule is CCC(CC)N(CCOC)Cc1cccc(OC)c1O. The molecule has 0 aliphatic heterocycles. The third-order valence-electron chi connectivity index (χ3n) is 3.72. The lowest BCUT2D eigenvalue weighted by Crippen LogP contribution is -2.36. The third kappa shape index (κ3) is 4.39. The first-order valence-electron chi connectivity index (χ1n) is 7.25. The van der Waals surface area contributed by atoms with Gasteiger partial charge in [0.15, 0.2) is 11.5 Å². The topological polar surface area (TPSA) is 41.9 Å². The van der Waals surface area contributed by atoms with Crippen molar-refractivity contribution in [2.24, 2.45) is 0 Å². The first-order chi connectivity index (χ1) is 9.67. The smallest absolute Gasteiger partial charge is 0.162 e. The number of hydrogen-bond acceptors (Lipinski definition) is 4. The van der Waals surface area contributed by atoms with Gasteiger partial charge < -0.3 is 14.6 Å². The first kappa shape index (κ1) is 16.8.